The highest BCUT2D eigenvalue weighted by atomic mass is 16.5. The molecule has 2 N–H and O–H groups in total. The quantitative estimate of drug-likeness (QED) is 0.647. The number of hydrogen-bond donors (Lipinski definition) is 2. The lowest BCUT2D eigenvalue weighted by Crippen LogP contribution is -2.54. The zero-order chi connectivity index (χ0) is 22.0. The Kier molecular flexibility index (Phi) is 5.85. The summed E-state index contributed by atoms with van der Waals surface area (Å²) in [6.07, 6.45) is 4.87. The van der Waals surface area contributed by atoms with Crippen molar-refractivity contribution >= 4 is 28.2 Å². The fourth-order valence-electron chi connectivity index (χ4n) is 4.01. The Balaban J connectivity index is 1.76. The Labute approximate surface area is 180 Å². The van der Waals surface area contributed by atoms with Gasteiger partial charge in [-0.25, -0.2) is 4.98 Å². The van der Waals surface area contributed by atoms with Crippen molar-refractivity contribution in [2.75, 3.05) is 37.5 Å². The molecule has 2 atom stereocenters. The van der Waals surface area contributed by atoms with Crippen LogP contribution in [0.15, 0.2) is 36.8 Å². The highest BCUT2D eigenvalue weighted by Gasteiger charge is 2.25. The second kappa shape index (κ2) is 8.73. The summed E-state index contributed by atoms with van der Waals surface area (Å²) in [4.78, 5) is 28.3. The molecule has 1 aromatic carbocycles. The number of anilines is 2. The molecule has 2 aromatic heterocycles. The summed E-state index contributed by atoms with van der Waals surface area (Å²) < 4.78 is 10.5. The van der Waals surface area contributed by atoms with Crippen molar-refractivity contribution in [1.82, 2.24) is 20.3 Å². The van der Waals surface area contributed by atoms with Gasteiger partial charge in [0.25, 0.3) is 5.91 Å². The molecule has 162 valence electrons. The number of carbonyl (C=O) groups excluding carboxylic acids is 1. The molecule has 3 heterocycles. The first-order chi connectivity index (χ1) is 15.0. The number of carbonyl (C=O) groups is 1. The molecule has 31 heavy (non-hydrogen) atoms. The molecule has 0 saturated carbocycles. The highest BCUT2D eigenvalue weighted by molar-refractivity contribution is 6.14. The van der Waals surface area contributed by atoms with Crippen molar-refractivity contribution in [1.29, 1.82) is 0 Å². The van der Waals surface area contributed by atoms with Gasteiger partial charge in [0, 0.05) is 54.7 Å². The third kappa shape index (κ3) is 4.22. The van der Waals surface area contributed by atoms with Gasteiger partial charge in [-0.05, 0) is 26.0 Å². The van der Waals surface area contributed by atoms with Gasteiger partial charge >= 0.3 is 6.01 Å². The standard InChI is InChI=1S/C22H26N6O3/c1-13-11-28(12-14(2)25-13)18-6-5-15(20-16(18)9-24-22(27-20)31-4)21(29)26-17-10-23-8-7-19(17)30-3/h5-10,13-14,25H,11-12H2,1-4H3,(H,26,29)/t13-,14-/m0/s1. The van der Waals surface area contributed by atoms with Crippen LogP contribution in [0.1, 0.15) is 24.2 Å². The Morgan fingerprint density at radius 2 is 1.90 bits per heavy atom. The van der Waals surface area contributed by atoms with Crippen molar-refractivity contribution < 1.29 is 14.3 Å². The molecule has 9 heteroatoms. The summed E-state index contributed by atoms with van der Waals surface area (Å²) in [7, 11) is 3.05. The molecule has 0 bridgehead atoms. The van der Waals surface area contributed by atoms with Gasteiger partial charge in [0.15, 0.2) is 0 Å². The summed E-state index contributed by atoms with van der Waals surface area (Å²) in [6, 6.07) is 6.34. The van der Waals surface area contributed by atoms with E-state index in [0.717, 1.165) is 24.2 Å². The predicted molar refractivity (Wildman–Crippen MR) is 119 cm³/mol. The molecule has 0 radical (unpaired) electrons. The van der Waals surface area contributed by atoms with Crippen LogP contribution in [-0.4, -0.2) is 60.3 Å². The molecular formula is C22H26N6O3. The molecule has 1 fully saturated rings. The number of pyridine rings is 1. The second-order valence-electron chi connectivity index (χ2n) is 7.66. The SMILES string of the molecule is COc1ncc2c(N3C[C@H](C)N[C@@H](C)C3)ccc(C(=O)Nc3cnccc3OC)c2n1. The minimum Gasteiger partial charge on any atom is -0.494 e. The van der Waals surface area contributed by atoms with Crippen LogP contribution in [0, 0.1) is 0 Å². The molecule has 1 aliphatic heterocycles. The van der Waals surface area contributed by atoms with Crippen LogP contribution >= 0.6 is 0 Å². The average Bonchev–Trinajstić information content (AvgIpc) is 2.77. The highest BCUT2D eigenvalue weighted by Crippen LogP contribution is 2.31. The Morgan fingerprint density at radius 3 is 2.61 bits per heavy atom. The van der Waals surface area contributed by atoms with Crippen molar-refractivity contribution in [3.8, 4) is 11.8 Å². The Bertz CT molecular complexity index is 1100. The van der Waals surface area contributed by atoms with Gasteiger partial charge in [-0.1, -0.05) is 0 Å². The van der Waals surface area contributed by atoms with Gasteiger partial charge in [0.1, 0.15) is 11.4 Å². The van der Waals surface area contributed by atoms with E-state index in [4.69, 9.17) is 9.47 Å². The normalized spacial score (nSPS) is 18.6. The monoisotopic (exact) mass is 422 g/mol. The lowest BCUT2D eigenvalue weighted by molar-refractivity contribution is 0.102. The zero-order valence-corrected chi connectivity index (χ0v) is 18.0. The minimum absolute atomic E-state index is 0.208. The summed E-state index contributed by atoms with van der Waals surface area (Å²) in [5, 5.41) is 7.21. The third-order valence-corrected chi connectivity index (χ3v) is 5.28. The van der Waals surface area contributed by atoms with Crippen LogP contribution in [0.2, 0.25) is 0 Å². The number of nitrogens with zero attached hydrogens (tertiary/aromatic N) is 4. The van der Waals surface area contributed by atoms with E-state index in [1.165, 1.54) is 7.11 Å². The molecule has 3 aromatic rings. The Morgan fingerprint density at radius 1 is 1.13 bits per heavy atom. The molecule has 0 spiro atoms. The molecule has 1 aliphatic rings. The maximum Gasteiger partial charge on any atom is 0.316 e. The van der Waals surface area contributed by atoms with Crippen LogP contribution in [0.3, 0.4) is 0 Å². The fraction of sp³-hybridized carbons (Fsp3) is 0.364. The number of rotatable bonds is 5. The first kappa shape index (κ1) is 20.8. The zero-order valence-electron chi connectivity index (χ0n) is 18.0. The van der Waals surface area contributed by atoms with E-state index in [0.29, 0.717) is 34.6 Å². The number of nitrogens with one attached hydrogen (secondary N) is 2. The van der Waals surface area contributed by atoms with E-state index >= 15 is 0 Å². The summed E-state index contributed by atoms with van der Waals surface area (Å²) >= 11 is 0. The van der Waals surface area contributed by atoms with E-state index in [1.807, 2.05) is 6.07 Å². The molecule has 9 nitrogen and oxygen atoms in total. The summed E-state index contributed by atoms with van der Waals surface area (Å²) in [5.41, 5.74) is 2.43. The number of aromatic nitrogens is 3. The molecular weight excluding hydrogens is 396 g/mol. The topological polar surface area (TPSA) is 102 Å². The first-order valence-corrected chi connectivity index (χ1v) is 10.1. The van der Waals surface area contributed by atoms with Crippen LogP contribution < -0.4 is 25.0 Å². The molecule has 0 aliphatic carbocycles. The largest absolute Gasteiger partial charge is 0.494 e. The third-order valence-electron chi connectivity index (χ3n) is 5.28. The molecule has 0 unspecified atom stereocenters. The number of benzene rings is 1. The maximum absolute atomic E-state index is 13.2. The van der Waals surface area contributed by atoms with Crippen LogP contribution in [0.5, 0.6) is 11.8 Å². The first-order valence-electron chi connectivity index (χ1n) is 10.1. The van der Waals surface area contributed by atoms with E-state index in [-0.39, 0.29) is 11.9 Å². The van der Waals surface area contributed by atoms with Gasteiger partial charge in [0.05, 0.1) is 31.5 Å². The Hall–Kier alpha value is -3.46. The van der Waals surface area contributed by atoms with Crippen molar-refractivity contribution in [3.63, 3.8) is 0 Å². The number of methoxy groups -OCH3 is 2. The maximum atomic E-state index is 13.2. The number of piperazine rings is 1. The van der Waals surface area contributed by atoms with Crippen LogP contribution in [-0.2, 0) is 0 Å². The van der Waals surface area contributed by atoms with Crippen LogP contribution in [0.4, 0.5) is 11.4 Å². The van der Waals surface area contributed by atoms with E-state index in [1.54, 1.807) is 37.8 Å². The predicted octanol–water partition coefficient (Wildman–Crippen LogP) is 2.48. The van der Waals surface area contributed by atoms with Crippen molar-refractivity contribution in [2.45, 2.75) is 25.9 Å². The van der Waals surface area contributed by atoms with Gasteiger partial charge in [0.2, 0.25) is 0 Å². The second-order valence-corrected chi connectivity index (χ2v) is 7.66. The van der Waals surface area contributed by atoms with Crippen LogP contribution in [0.25, 0.3) is 10.9 Å². The van der Waals surface area contributed by atoms with E-state index in [9.17, 15) is 4.79 Å². The summed E-state index contributed by atoms with van der Waals surface area (Å²) in [5.74, 6) is 0.214. The summed E-state index contributed by atoms with van der Waals surface area (Å²) in [6.45, 7) is 6.02. The molecule has 1 saturated heterocycles. The number of hydrogen-bond acceptors (Lipinski definition) is 8. The van der Waals surface area contributed by atoms with Gasteiger partial charge in [-0.2, -0.15) is 4.98 Å². The average molecular weight is 422 g/mol. The van der Waals surface area contributed by atoms with Gasteiger partial charge in [-0.15, -0.1) is 0 Å². The van der Waals surface area contributed by atoms with E-state index in [2.05, 4.69) is 44.3 Å². The molecule has 4 rings (SSSR count). The smallest absolute Gasteiger partial charge is 0.316 e. The number of amides is 1. The fourth-order valence-corrected chi connectivity index (χ4v) is 4.01. The lowest BCUT2D eigenvalue weighted by atomic mass is 10.0. The number of ether oxygens (including phenoxy) is 2. The number of fused-ring (bicyclic) bond motifs is 1. The van der Waals surface area contributed by atoms with Crippen molar-refractivity contribution in [3.05, 3.63) is 42.4 Å². The molecule has 1 amide bonds. The lowest BCUT2D eigenvalue weighted by Gasteiger charge is -2.38. The van der Waals surface area contributed by atoms with Gasteiger partial charge in [-0.3, -0.25) is 9.78 Å². The van der Waals surface area contributed by atoms with E-state index < -0.39 is 0 Å². The van der Waals surface area contributed by atoms with Gasteiger partial charge < -0.3 is 25.0 Å². The minimum atomic E-state index is -0.314. The van der Waals surface area contributed by atoms with Crippen molar-refractivity contribution in [2.24, 2.45) is 0 Å².